The third-order valence-corrected chi connectivity index (χ3v) is 1.97. The highest BCUT2D eigenvalue weighted by Crippen LogP contribution is 2.12. The molecule has 0 heterocycles. The smallest absolute Gasteiger partial charge is 0.0123 e. The minimum absolute atomic E-state index is 0.296. The molecule has 2 N–H and O–H groups in total. The van der Waals surface area contributed by atoms with Gasteiger partial charge in [0.2, 0.25) is 0 Å². The molecule has 0 rings (SSSR count). The fraction of sp³-hybridized carbons (Fsp3) is 0.800. The van der Waals surface area contributed by atoms with Gasteiger partial charge in [0.15, 0.2) is 0 Å². The number of allylic oxidation sites excluding steroid dienone is 1. The van der Waals surface area contributed by atoms with E-state index in [1.54, 1.807) is 0 Å². The van der Waals surface area contributed by atoms with E-state index in [9.17, 15) is 0 Å². The topological polar surface area (TPSA) is 26.0 Å². The Morgan fingerprint density at radius 3 is 1.91 bits per heavy atom. The van der Waals surface area contributed by atoms with Crippen molar-refractivity contribution in [3.8, 4) is 0 Å². The summed E-state index contributed by atoms with van der Waals surface area (Å²) in [7, 11) is 0. The Hall–Kier alpha value is -0.300. The van der Waals surface area contributed by atoms with Crippen molar-refractivity contribution in [1.82, 2.24) is 0 Å². The predicted octanol–water partition coefficient (Wildman–Crippen LogP) is 2.57. The fourth-order valence-electron chi connectivity index (χ4n) is 1.24. The molecule has 0 aromatic heterocycles. The molecule has 0 aromatic carbocycles. The quantitative estimate of drug-likeness (QED) is 0.623. The van der Waals surface area contributed by atoms with Gasteiger partial charge in [0.1, 0.15) is 0 Å². The SMILES string of the molecule is CC(C)=CC(C)C(N)C(C)C. The molecule has 66 valence electrons. The molecule has 0 saturated carbocycles. The van der Waals surface area contributed by atoms with Crippen LogP contribution < -0.4 is 5.73 Å². The van der Waals surface area contributed by atoms with Crippen LogP contribution in [0.3, 0.4) is 0 Å². The maximum absolute atomic E-state index is 5.96. The van der Waals surface area contributed by atoms with Crippen LogP contribution in [0.1, 0.15) is 34.6 Å². The second-order valence-corrected chi connectivity index (χ2v) is 3.92. The number of hydrogen-bond donors (Lipinski definition) is 1. The van der Waals surface area contributed by atoms with Crippen molar-refractivity contribution in [3.05, 3.63) is 11.6 Å². The summed E-state index contributed by atoms with van der Waals surface area (Å²) in [6, 6.07) is 0.296. The molecule has 0 radical (unpaired) electrons. The van der Waals surface area contributed by atoms with Crippen LogP contribution in [-0.2, 0) is 0 Å². The Labute approximate surface area is 70.7 Å². The largest absolute Gasteiger partial charge is 0.327 e. The number of hydrogen-bond acceptors (Lipinski definition) is 1. The van der Waals surface area contributed by atoms with Crippen molar-refractivity contribution < 1.29 is 0 Å². The summed E-state index contributed by atoms with van der Waals surface area (Å²) < 4.78 is 0. The minimum Gasteiger partial charge on any atom is -0.327 e. The Morgan fingerprint density at radius 1 is 1.18 bits per heavy atom. The second-order valence-electron chi connectivity index (χ2n) is 3.92. The highest BCUT2D eigenvalue weighted by atomic mass is 14.7. The van der Waals surface area contributed by atoms with Gasteiger partial charge in [0.25, 0.3) is 0 Å². The van der Waals surface area contributed by atoms with Gasteiger partial charge in [-0.1, -0.05) is 32.4 Å². The van der Waals surface area contributed by atoms with E-state index in [0.29, 0.717) is 17.9 Å². The van der Waals surface area contributed by atoms with Crippen molar-refractivity contribution in [3.63, 3.8) is 0 Å². The molecule has 2 atom stereocenters. The van der Waals surface area contributed by atoms with E-state index in [1.165, 1.54) is 5.57 Å². The van der Waals surface area contributed by atoms with Gasteiger partial charge in [0, 0.05) is 6.04 Å². The van der Waals surface area contributed by atoms with Crippen LogP contribution >= 0.6 is 0 Å². The first kappa shape index (κ1) is 10.7. The highest BCUT2D eigenvalue weighted by Gasteiger charge is 2.13. The van der Waals surface area contributed by atoms with Gasteiger partial charge in [-0.25, -0.2) is 0 Å². The van der Waals surface area contributed by atoms with Crippen molar-refractivity contribution in [2.75, 3.05) is 0 Å². The van der Waals surface area contributed by atoms with Crippen molar-refractivity contribution in [2.24, 2.45) is 17.6 Å². The molecule has 0 aromatic rings. The number of rotatable bonds is 3. The Balaban J connectivity index is 4.03. The standard InChI is InChI=1S/C10H21N/c1-7(2)6-9(5)10(11)8(3)4/h6,8-10H,11H2,1-5H3. The zero-order chi connectivity index (χ0) is 9.02. The van der Waals surface area contributed by atoms with Crippen LogP contribution in [0, 0.1) is 11.8 Å². The third-order valence-electron chi connectivity index (χ3n) is 1.97. The Kier molecular flexibility index (Phi) is 4.43. The van der Waals surface area contributed by atoms with Crippen LogP contribution in [0.2, 0.25) is 0 Å². The predicted molar refractivity (Wildman–Crippen MR) is 51.4 cm³/mol. The summed E-state index contributed by atoms with van der Waals surface area (Å²) in [6.45, 7) is 10.7. The van der Waals surface area contributed by atoms with Crippen LogP contribution in [0.15, 0.2) is 11.6 Å². The van der Waals surface area contributed by atoms with E-state index in [4.69, 9.17) is 5.73 Å². The first-order valence-electron chi connectivity index (χ1n) is 4.35. The van der Waals surface area contributed by atoms with E-state index in [-0.39, 0.29) is 0 Å². The summed E-state index contributed by atoms with van der Waals surface area (Å²) in [5.41, 5.74) is 7.32. The molecule has 0 aliphatic carbocycles. The van der Waals surface area contributed by atoms with E-state index in [1.807, 2.05) is 0 Å². The first-order chi connectivity index (χ1) is 4.95. The first-order valence-corrected chi connectivity index (χ1v) is 4.35. The molecule has 2 unspecified atom stereocenters. The molecule has 0 saturated heterocycles. The zero-order valence-corrected chi connectivity index (χ0v) is 8.39. The maximum atomic E-state index is 5.96. The van der Waals surface area contributed by atoms with Crippen LogP contribution in [0.5, 0.6) is 0 Å². The van der Waals surface area contributed by atoms with Crippen LogP contribution in [-0.4, -0.2) is 6.04 Å². The Morgan fingerprint density at radius 2 is 1.64 bits per heavy atom. The van der Waals surface area contributed by atoms with Gasteiger partial charge in [-0.2, -0.15) is 0 Å². The van der Waals surface area contributed by atoms with Gasteiger partial charge in [-0.15, -0.1) is 0 Å². The monoisotopic (exact) mass is 155 g/mol. The third kappa shape index (κ3) is 4.20. The summed E-state index contributed by atoms with van der Waals surface area (Å²) in [5.74, 6) is 1.07. The average Bonchev–Trinajstić information content (AvgIpc) is 1.84. The molecule has 0 aliphatic rings. The van der Waals surface area contributed by atoms with Gasteiger partial charge in [-0.3, -0.25) is 0 Å². The Bertz CT molecular complexity index is 132. The van der Waals surface area contributed by atoms with E-state index in [0.717, 1.165) is 0 Å². The highest BCUT2D eigenvalue weighted by molar-refractivity contribution is 4.99. The molecule has 0 bridgehead atoms. The van der Waals surface area contributed by atoms with Crippen molar-refractivity contribution in [2.45, 2.75) is 40.7 Å². The van der Waals surface area contributed by atoms with Crippen molar-refractivity contribution >= 4 is 0 Å². The molecule has 11 heavy (non-hydrogen) atoms. The lowest BCUT2D eigenvalue weighted by Gasteiger charge is -2.20. The molecule has 0 fully saturated rings. The molecule has 1 heteroatoms. The average molecular weight is 155 g/mol. The van der Waals surface area contributed by atoms with E-state index >= 15 is 0 Å². The molecule has 0 aliphatic heterocycles. The summed E-state index contributed by atoms with van der Waals surface area (Å²) in [6.07, 6.45) is 2.24. The minimum atomic E-state index is 0.296. The summed E-state index contributed by atoms with van der Waals surface area (Å²) in [5, 5.41) is 0. The molecule has 0 spiro atoms. The normalized spacial score (nSPS) is 16.3. The molecule has 1 nitrogen and oxygen atoms in total. The van der Waals surface area contributed by atoms with Crippen LogP contribution in [0.4, 0.5) is 0 Å². The molecule has 0 amide bonds. The fourth-order valence-corrected chi connectivity index (χ4v) is 1.24. The lowest BCUT2D eigenvalue weighted by molar-refractivity contribution is 0.414. The number of nitrogens with two attached hydrogens (primary N) is 1. The van der Waals surface area contributed by atoms with E-state index < -0.39 is 0 Å². The maximum Gasteiger partial charge on any atom is 0.0123 e. The van der Waals surface area contributed by atoms with Crippen LogP contribution in [0.25, 0.3) is 0 Å². The lowest BCUT2D eigenvalue weighted by Crippen LogP contribution is -2.32. The van der Waals surface area contributed by atoms with E-state index in [2.05, 4.69) is 40.7 Å². The molecular formula is C10H21N. The lowest BCUT2D eigenvalue weighted by atomic mass is 9.91. The second kappa shape index (κ2) is 4.55. The van der Waals surface area contributed by atoms with Gasteiger partial charge >= 0.3 is 0 Å². The molecular weight excluding hydrogens is 134 g/mol. The van der Waals surface area contributed by atoms with Gasteiger partial charge in [-0.05, 0) is 25.7 Å². The summed E-state index contributed by atoms with van der Waals surface area (Å²) >= 11 is 0. The summed E-state index contributed by atoms with van der Waals surface area (Å²) in [4.78, 5) is 0. The van der Waals surface area contributed by atoms with Gasteiger partial charge in [0.05, 0.1) is 0 Å². The zero-order valence-electron chi connectivity index (χ0n) is 8.39. The van der Waals surface area contributed by atoms with Crippen molar-refractivity contribution in [1.29, 1.82) is 0 Å². The van der Waals surface area contributed by atoms with Gasteiger partial charge < -0.3 is 5.73 Å².